The van der Waals surface area contributed by atoms with Crippen LogP contribution in [0, 0.1) is 5.41 Å². The first-order chi connectivity index (χ1) is 8.95. The fraction of sp³-hybridized carbons (Fsp3) is 0.933. The summed E-state index contributed by atoms with van der Waals surface area (Å²) in [6.07, 6.45) is 5.60. The van der Waals surface area contributed by atoms with E-state index in [4.69, 9.17) is 9.84 Å². The van der Waals surface area contributed by atoms with E-state index in [1.807, 2.05) is 6.92 Å². The molecule has 0 radical (unpaired) electrons. The third-order valence-corrected chi connectivity index (χ3v) is 3.97. The highest BCUT2D eigenvalue weighted by atomic mass is 16.5. The number of unbranched alkanes of at least 4 members (excludes halogenated alkanes) is 1. The molecule has 1 aliphatic rings. The zero-order chi connectivity index (χ0) is 14.3. The predicted octanol–water partition coefficient (Wildman–Crippen LogP) is 2.77. The van der Waals surface area contributed by atoms with E-state index >= 15 is 0 Å². The summed E-state index contributed by atoms with van der Waals surface area (Å²) < 4.78 is 5.69. The molecule has 1 N–H and O–H groups in total. The van der Waals surface area contributed by atoms with E-state index in [-0.39, 0.29) is 0 Å². The zero-order valence-corrected chi connectivity index (χ0v) is 12.7. The van der Waals surface area contributed by atoms with Crippen LogP contribution in [-0.2, 0) is 9.53 Å². The Hall–Kier alpha value is -0.610. The number of carbonyl (C=O) groups is 1. The van der Waals surface area contributed by atoms with Crippen LogP contribution in [0.4, 0.5) is 0 Å². The van der Waals surface area contributed by atoms with Gasteiger partial charge in [-0.2, -0.15) is 0 Å². The van der Waals surface area contributed by atoms with Crippen LogP contribution in [0.2, 0.25) is 0 Å². The van der Waals surface area contributed by atoms with Gasteiger partial charge in [0, 0.05) is 13.2 Å². The molecule has 19 heavy (non-hydrogen) atoms. The number of hydrogen-bond donors (Lipinski definition) is 1. The molecule has 0 aromatic rings. The van der Waals surface area contributed by atoms with E-state index in [1.54, 1.807) is 13.8 Å². The lowest BCUT2D eigenvalue weighted by molar-refractivity contribution is -0.147. The molecular weight excluding hydrogens is 242 g/mol. The van der Waals surface area contributed by atoms with E-state index < -0.39 is 11.4 Å². The van der Waals surface area contributed by atoms with Crippen LogP contribution in [0.5, 0.6) is 0 Å². The van der Waals surface area contributed by atoms with Crippen LogP contribution in [0.1, 0.15) is 52.9 Å². The monoisotopic (exact) mass is 271 g/mol. The van der Waals surface area contributed by atoms with Crippen molar-refractivity contribution in [1.82, 2.24) is 4.90 Å². The number of piperidine rings is 1. The first kappa shape index (κ1) is 16.4. The summed E-state index contributed by atoms with van der Waals surface area (Å²) in [6.45, 7) is 9.72. The smallest absolute Gasteiger partial charge is 0.309 e. The molecule has 0 aromatic carbocycles. The molecule has 1 saturated heterocycles. The molecule has 4 nitrogen and oxygen atoms in total. The molecule has 1 fully saturated rings. The summed E-state index contributed by atoms with van der Waals surface area (Å²) in [5, 5.41) is 9.06. The SMILES string of the molecule is CCOC1CCCN(CCCCC(C)(C)C(=O)O)C1. The average molecular weight is 271 g/mol. The van der Waals surface area contributed by atoms with Gasteiger partial charge in [-0.15, -0.1) is 0 Å². The van der Waals surface area contributed by atoms with Gasteiger partial charge < -0.3 is 14.7 Å². The minimum Gasteiger partial charge on any atom is -0.481 e. The largest absolute Gasteiger partial charge is 0.481 e. The third-order valence-electron chi connectivity index (χ3n) is 3.97. The van der Waals surface area contributed by atoms with Crippen molar-refractivity contribution in [1.29, 1.82) is 0 Å². The minimum atomic E-state index is -0.693. The van der Waals surface area contributed by atoms with Crippen molar-refractivity contribution in [3.63, 3.8) is 0 Å². The van der Waals surface area contributed by atoms with Crippen molar-refractivity contribution in [2.24, 2.45) is 5.41 Å². The van der Waals surface area contributed by atoms with Gasteiger partial charge in [-0.3, -0.25) is 4.79 Å². The summed E-state index contributed by atoms with van der Waals surface area (Å²) in [5.41, 5.74) is -0.588. The Balaban J connectivity index is 2.17. The van der Waals surface area contributed by atoms with Gasteiger partial charge >= 0.3 is 5.97 Å². The van der Waals surface area contributed by atoms with Crippen molar-refractivity contribution >= 4 is 5.97 Å². The van der Waals surface area contributed by atoms with Crippen LogP contribution in [0.25, 0.3) is 0 Å². The van der Waals surface area contributed by atoms with Crippen molar-refractivity contribution in [2.45, 2.75) is 59.0 Å². The fourth-order valence-electron chi connectivity index (χ4n) is 2.60. The van der Waals surface area contributed by atoms with E-state index in [0.29, 0.717) is 6.10 Å². The molecule has 4 heteroatoms. The van der Waals surface area contributed by atoms with Gasteiger partial charge in [-0.05, 0) is 59.5 Å². The quantitative estimate of drug-likeness (QED) is 0.690. The molecule has 112 valence electrons. The highest BCUT2D eigenvalue weighted by Crippen LogP contribution is 2.23. The van der Waals surface area contributed by atoms with Crippen LogP contribution in [-0.4, -0.2) is 48.3 Å². The minimum absolute atomic E-state index is 0.397. The van der Waals surface area contributed by atoms with Gasteiger partial charge in [0.05, 0.1) is 11.5 Å². The Kier molecular flexibility index (Phi) is 6.80. The molecule has 1 aliphatic heterocycles. The lowest BCUT2D eigenvalue weighted by atomic mass is 9.87. The molecule has 1 atom stereocenters. The molecule has 1 rings (SSSR count). The Morgan fingerprint density at radius 1 is 1.42 bits per heavy atom. The Bertz CT molecular complexity index is 277. The lowest BCUT2D eigenvalue weighted by Crippen LogP contribution is -2.40. The fourth-order valence-corrected chi connectivity index (χ4v) is 2.60. The molecule has 0 aliphatic carbocycles. The van der Waals surface area contributed by atoms with Gasteiger partial charge in [-0.1, -0.05) is 6.42 Å². The summed E-state index contributed by atoms with van der Waals surface area (Å²) in [7, 11) is 0. The predicted molar refractivity (Wildman–Crippen MR) is 76.4 cm³/mol. The Morgan fingerprint density at radius 2 is 2.16 bits per heavy atom. The summed E-state index contributed by atoms with van der Waals surface area (Å²) >= 11 is 0. The van der Waals surface area contributed by atoms with Crippen molar-refractivity contribution < 1.29 is 14.6 Å². The number of ether oxygens (including phenoxy) is 1. The molecule has 0 bridgehead atoms. The maximum atomic E-state index is 11.0. The maximum absolute atomic E-state index is 11.0. The van der Waals surface area contributed by atoms with Gasteiger partial charge in [-0.25, -0.2) is 0 Å². The van der Waals surface area contributed by atoms with E-state index in [0.717, 1.165) is 45.5 Å². The first-order valence-corrected chi connectivity index (χ1v) is 7.53. The highest BCUT2D eigenvalue weighted by molar-refractivity contribution is 5.73. The van der Waals surface area contributed by atoms with Gasteiger partial charge in [0.25, 0.3) is 0 Å². The number of carboxylic acid groups (broad SMARTS) is 1. The van der Waals surface area contributed by atoms with Crippen LogP contribution < -0.4 is 0 Å². The number of aliphatic carboxylic acids is 1. The first-order valence-electron chi connectivity index (χ1n) is 7.53. The van der Waals surface area contributed by atoms with Crippen LogP contribution in [0.15, 0.2) is 0 Å². The number of nitrogens with zero attached hydrogens (tertiary/aromatic N) is 1. The zero-order valence-electron chi connectivity index (χ0n) is 12.7. The van der Waals surface area contributed by atoms with Gasteiger partial charge in [0.15, 0.2) is 0 Å². The average Bonchev–Trinajstić information content (AvgIpc) is 2.35. The molecule has 1 unspecified atom stereocenters. The van der Waals surface area contributed by atoms with E-state index in [9.17, 15) is 4.79 Å². The van der Waals surface area contributed by atoms with E-state index in [2.05, 4.69) is 4.90 Å². The van der Waals surface area contributed by atoms with Crippen molar-refractivity contribution in [3.8, 4) is 0 Å². The number of hydrogen-bond acceptors (Lipinski definition) is 3. The summed E-state index contributed by atoms with van der Waals surface area (Å²) in [4.78, 5) is 13.5. The molecular formula is C15H29NO3. The number of carboxylic acids is 1. The molecule has 0 saturated carbocycles. The standard InChI is InChI=1S/C15H29NO3/c1-4-19-13-8-7-11-16(12-13)10-6-5-9-15(2,3)14(17)18/h13H,4-12H2,1-3H3,(H,17,18). The third kappa shape index (κ3) is 5.91. The second-order valence-electron chi connectivity index (χ2n) is 6.17. The maximum Gasteiger partial charge on any atom is 0.309 e. The Morgan fingerprint density at radius 3 is 2.79 bits per heavy atom. The summed E-state index contributed by atoms with van der Waals surface area (Å²) in [6, 6.07) is 0. The van der Waals surface area contributed by atoms with Crippen molar-refractivity contribution in [3.05, 3.63) is 0 Å². The highest BCUT2D eigenvalue weighted by Gasteiger charge is 2.26. The lowest BCUT2D eigenvalue weighted by Gasteiger charge is -2.32. The molecule has 0 spiro atoms. The molecule has 1 heterocycles. The van der Waals surface area contributed by atoms with E-state index in [1.165, 1.54) is 12.8 Å². The number of likely N-dealkylation sites (tertiary alicyclic amines) is 1. The number of rotatable bonds is 8. The van der Waals surface area contributed by atoms with Gasteiger partial charge in [0.2, 0.25) is 0 Å². The second-order valence-corrected chi connectivity index (χ2v) is 6.17. The molecule has 0 aromatic heterocycles. The summed E-state index contributed by atoms with van der Waals surface area (Å²) in [5.74, 6) is -0.693. The van der Waals surface area contributed by atoms with Crippen molar-refractivity contribution in [2.75, 3.05) is 26.2 Å². The Labute approximate surface area is 117 Å². The van der Waals surface area contributed by atoms with Gasteiger partial charge in [0.1, 0.15) is 0 Å². The van der Waals surface area contributed by atoms with Crippen LogP contribution >= 0.6 is 0 Å². The normalized spacial score (nSPS) is 21.5. The topological polar surface area (TPSA) is 49.8 Å². The molecule has 0 amide bonds. The van der Waals surface area contributed by atoms with Crippen LogP contribution in [0.3, 0.4) is 0 Å². The second kappa shape index (κ2) is 7.85.